The van der Waals surface area contributed by atoms with Crippen LogP contribution >= 0.6 is 0 Å². The normalized spacial score (nSPS) is 19.5. The first kappa shape index (κ1) is 14.9. The van der Waals surface area contributed by atoms with Gasteiger partial charge < -0.3 is 0 Å². The van der Waals surface area contributed by atoms with Crippen LogP contribution in [-0.2, 0) is 10.0 Å². The Labute approximate surface area is 118 Å². The molecule has 0 aliphatic carbocycles. The molecule has 0 unspecified atom stereocenters. The molecule has 1 fully saturated rings. The number of aryl methyl sites for hydroxylation is 1. The van der Waals surface area contributed by atoms with Gasteiger partial charge in [-0.25, -0.2) is 12.8 Å². The molecular weight excluding hydrogens is 279 g/mol. The number of sulfonamides is 1. The molecular formula is C14H17FN2O2S. The first-order chi connectivity index (χ1) is 9.28. The molecule has 1 heterocycles. The van der Waals surface area contributed by atoms with Crippen LogP contribution < -0.4 is 0 Å². The van der Waals surface area contributed by atoms with Crippen molar-refractivity contribution in [1.29, 1.82) is 5.26 Å². The van der Waals surface area contributed by atoms with Crippen molar-refractivity contribution in [2.24, 2.45) is 5.41 Å². The molecule has 1 aromatic rings. The van der Waals surface area contributed by atoms with Crippen molar-refractivity contribution in [1.82, 2.24) is 4.31 Å². The van der Waals surface area contributed by atoms with E-state index in [2.05, 4.69) is 6.07 Å². The summed E-state index contributed by atoms with van der Waals surface area (Å²) in [6.07, 6.45) is 0.994. The zero-order valence-corrected chi connectivity index (χ0v) is 12.4. The highest BCUT2D eigenvalue weighted by Gasteiger charge is 2.36. The highest BCUT2D eigenvalue weighted by atomic mass is 32.2. The highest BCUT2D eigenvalue weighted by molar-refractivity contribution is 7.89. The topological polar surface area (TPSA) is 61.2 Å². The second kappa shape index (κ2) is 5.15. The molecule has 108 valence electrons. The molecule has 0 spiro atoms. The Hall–Kier alpha value is -1.45. The van der Waals surface area contributed by atoms with Gasteiger partial charge in [-0.1, -0.05) is 6.07 Å². The average Bonchev–Trinajstić information content (AvgIpc) is 2.42. The SMILES string of the molecule is Cc1ccc(F)cc1S(=O)(=O)N1CCC(C)(C#N)CC1. The summed E-state index contributed by atoms with van der Waals surface area (Å²) in [5, 5.41) is 9.07. The summed E-state index contributed by atoms with van der Waals surface area (Å²) in [4.78, 5) is 0.0121. The van der Waals surface area contributed by atoms with Gasteiger partial charge in [0.1, 0.15) is 5.82 Å². The Morgan fingerprint density at radius 1 is 1.35 bits per heavy atom. The summed E-state index contributed by atoms with van der Waals surface area (Å²) < 4.78 is 39.7. The van der Waals surface area contributed by atoms with Gasteiger partial charge in [-0.2, -0.15) is 9.57 Å². The summed E-state index contributed by atoms with van der Waals surface area (Å²) in [6.45, 7) is 4.07. The fourth-order valence-electron chi connectivity index (χ4n) is 2.32. The molecule has 1 aliphatic rings. The summed E-state index contributed by atoms with van der Waals surface area (Å²) >= 11 is 0. The number of benzene rings is 1. The smallest absolute Gasteiger partial charge is 0.207 e. The van der Waals surface area contributed by atoms with Crippen molar-refractivity contribution >= 4 is 10.0 Å². The van der Waals surface area contributed by atoms with Crippen molar-refractivity contribution < 1.29 is 12.8 Å². The first-order valence-corrected chi connectivity index (χ1v) is 7.90. The second-order valence-electron chi connectivity index (χ2n) is 5.49. The molecule has 0 amide bonds. The monoisotopic (exact) mass is 296 g/mol. The van der Waals surface area contributed by atoms with Crippen LogP contribution in [0.1, 0.15) is 25.3 Å². The van der Waals surface area contributed by atoms with E-state index in [0.717, 1.165) is 6.07 Å². The van der Waals surface area contributed by atoms with E-state index in [-0.39, 0.29) is 4.90 Å². The van der Waals surface area contributed by atoms with Crippen LogP contribution in [0.25, 0.3) is 0 Å². The minimum atomic E-state index is -3.69. The molecule has 4 nitrogen and oxygen atoms in total. The Morgan fingerprint density at radius 2 is 1.95 bits per heavy atom. The van der Waals surface area contributed by atoms with Gasteiger partial charge in [0, 0.05) is 13.1 Å². The number of piperidine rings is 1. The molecule has 0 N–H and O–H groups in total. The lowest BCUT2D eigenvalue weighted by atomic mass is 9.83. The van der Waals surface area contributed by atoms with Crippen molar-refractivity contribution in [3.63, 3.8) is 0 Å². The number of nitrogens with zero attached hydrogens (tertiary/aromatic N) is 2. The Balaban J connectivity index is 2.29. The van der Waals surface area contributed by atoms with Gasteiger partial charge in [-0.15, -0.1) is 0 Å². The van der Waals surface area contributed by atoms with Crippen molar-refractivity contribution in [2.75, 3.05) is 13.1 Å². The number of rotatable bonds is 2. The lowest BCUT2D eigenvalue weighted by Crippen LogP contribution is -2.41. The Morgan fingerprint density at radius 3 is 2.50 bits per heavy atom. The van der Waals surface area contributed by atoms with Crippen molar-refractivity contribution in [2.45, 2.75) is 31.6 Å². The van der Waals surface area contributed by atoms with Crippen LogP contribution in [0.15, 0.2) is 23.1 Å². The van der Waals surface area contributed by atoms with Gasteiger partial charge in [0.2, 0.25) is 10.0 Å². The Bertz CT molecular complexity index is 656. The molecule has 0 atom stereocenters. The zero-order chi connectivity index (χ0) is 15.0. The average molecular weight is 296 g/mol. The summed E-state index contributed by atoms with van der Waals surface area (Å²) in [5.41, 5.74) is 0.0586. The lowest BCUT2D eigenvalue weighted by molar-refractivity contribution is 0.232. The molecule has 6 heteroatoms. The summed E-state index contributed by atoms with van der Waals surface area (Å²) in [7, 11) is -3.69. The maximum atomic E-state index is 13.3. The third-order valence-corrected chi connectivity index (χ3v) is 5.90. The predicted octanol–water partition coefficient (Wildman–Crippen LogP) is 2.45. The maximum Gasteiger partial charge on any atom is 0.243 e. The van der Waals surface area contributed by atoms with Gasteiger partial charge >= 0.3 is 0 Å². The van der Waals surface area contributed by atoms with Crippen LogP contribution in [0, 0.1) is 29.5 Å². The van der Waals surface area contributed by atoms with E-state index in [0.29, 0.717) is 31.5 Å². The molecule has 1 aromatic carbocycles. The fourth-order valence-corrected chi connectivity index (χ4v) is 4.00. The van der Waals surface area contributed by atoms with Gasteiger partial charge in [0.05, 0.1) is 16.4 Å². The number of nitriles is 1. The van der Waals surface area contributed by atoms with Gasteiger partial charge in [0.15, 0.2) is 0 Å². The Kier molecular flexibility index (Phi) is 3.85. The van der Waals surface area contributed by atoms with E-state index in [9.17, 15) is 12.8 Å². The van der Waals surface area contributed by atoms with Crippen molar-refractivity contribution in [3.05, 3.63) is 29.6 Å². The molecule has 0 aromatic heterocycles. The van der Waals surface area contributed by atoms with E-state index in [1.807, 2.05) is 6.92 Å². The van der Waals surface area contributed by atoms with Gasteiger partial charge in [0.25, 0.3) is 0 Å². The quantitative estimate of drug-likeness (QED) is 0.842. The molecule has 2 rings (SSSR count). The third-order valence-electron chi connectivity index (χ3n) is 3.86. The number of hydrogen-bond donors (Lipinski definition) is 0. The predicted molar refractivity (Wildman–Crippen MR) is 72.8 cm³/mol. The third kappa shape index (κ3) is 2.69. The second-order valence-corrected chi connectivity index (χ2v) is 7.39. The van der Waals surface area contributed by atoms with Crippen LogP contribution in [0.3, 0.4) is 0 Å². The lowest BCUT2D eigenvalue weighted by Gasteiger charge is -2.34. The standard InChI is InChI=1S/C14H17FN2O2S/c1-11-3-4-12(15)9-13(11)20(18,19)17-7-5-14(2,10-16)6-8-17/h3-4,9H,5-8H2,1-2H3. The van der Waals surface area contributed by atoms with Crippen LogP contribution in [-0.4, -0.2) is 25.8 Å². The van der Waals surface area contributed by atoms with Crippen molar-refractivity contribution in [3.8, 4) is 6.07 Å². The first-order valence-electron chi connectivity index (χ1n) is 6.46. The highest BCUT2D eigenvalue weighted by Crippen LogP contribution is 2.33. The van der Waals surface area contributed by atoms with E-state index >= 15 is 0 Å². The molecule has 0 saturated carbocycles. The maximum absolute atomic E-state index is 13.3. The molecule has 0 radical (unpaired) electrons. The number of hydrogen-bond acceptors (Lipinski definition) is 3. The zero-order valence-electron chi connectivity index (χ0n) is 11.6. The summed E-state index contributed by atoms with van der Waals surface area (Å²) in [6, 6.07) is 6.00. The van der Waals surface area contributed by atoms with Crippen LogP contribution in [0.5, 0.6) is 0 Å². The minimum absolute atomic E-state index is 0.0121. The van der Waals surface area contributed by atoms with E-state index < -0.39 is 21.3 Å². The minimum Gasteiger partial charge on any atom is -0.207 e. The van der Waals surface area contributed by atoms with Crippen LogP contribution in [0.4, 0.5) is 4.39 Å². The fraction of sp³-hybridized carbons (Fsp3) is 0.500. The molecule has 0 bridgehead atoms. The molecule has 1 aliphatic heterocycles. The summed E-state index contributed by atoms with van der Waals surface area (Å²) in [5.74, 6) is -0.562. The van der Waals surface area contributed by atoms with Crippen LogP contribution in [0.2, 0.25) is 0 Å². The van der Waals surface area contributed by atoms with E-state index in [1.54, 1.807) is 6.92 Å². The molecule has 1 saturated heterocycles. The van der Waals surface area contributed by atoms with Gasteiger partial charge in [-0.05, 0) is 44.4 Å². The van der Waals surface area contributed by atoms with Gasteiger partial charge in [-0.3, -0.25) is 0 Å². The largest absolute Gasteiger partial charge is 0.243 e. The number of halogens is 1. The van der Waals surface area contributed by atoms with E-state index in [1.165, 1.54) is 16.4 Å². The van der Waals surface area contributed by atoms with E-state index in [4.69, 9.17) is 5.26 Å². The molecule has 20 heavy (non-hydrogen) atoms.